The standard InChI is InChI=1S/C48H30N4.2C39H25N5/c1-3-14-32(15-4-1)47-38-20-9-11-21-41(38)49-48(50-47)52-44-27-25-34(30-40(44)46-36-18-8-7-13-31(36)23-28-45(46)52)33-24-26-43-39(29-33)37-19-10-12-22-42(37)51(43)35-16-5-2-6-17-35;1-4-14-26(15-5-1)37-40-38(27-16-6-2-7-17-27)42-39(41-37)44-34-23-13-11-21-30(34)32-25-24-31-29-20-10-12-22-33(29)43(35(31)36(32)44)28-18-8-3-9-19-28;1-4-14-26(15-5-1)37-40-38(27-16-6-2-7-17-27)42-39(41-37)44-32-23-13-11-21-30(32)36-34(44)25-24-33-35(36)29-20-10-12-22-31(29)43(33)28-18-8-3-9-19-28/h1-30H;2*1-25H. The summed E-state index contributed by atoms with van der Waals surface area (Å²) in [6.07, 6.45) is 0. The van der Waals surface area contributed by atoms with Gasteiger partial charge < -0.3 is 13.7 Å². The Morgan fingerprint density at radius 1 is 0.143 bits per heavy atom. The molecule has 20 aromatic carbocycles. The van der Waals surface area contributed by atoms with E-state index in [0.29, 0.717) is 41.1 Å². The molecule has 0 radical (unpaired) electrons. The lowest BCUT2D eigenvalue weighted by Crippen LogP contribution is -2.07. The summed E-state index contributed by atoms with van der Waals surface area (Å²) in [7, 11) is 0. The van der Waals surface area contributed by atoms with E-state index in [1.54, 1.807) is 0 Å². The van der Waals surface area contributed by atoms with Gasteiger partial charge in [0.1, 0.15) is 0 Å². The Morgan fingerprint density at radius 2 is 0.443 bits per heavy atom. The van der Waals surface area contributed by atoms with Crippen LogP contribution in [-0.2, 0) is 0 Å². The van der Waals surface area contributed by atoms with Gasteiger partial charge in [-0.25, -0.2) is 19.9 Å². The van der Waals surface area contributed by atoms with Crippen LogP contribution < -0.4 is 0 Å². The molecule has 0 spiro atoms. The van der Waals surface area contributed by atoms with Gasteiger partial charge in [0.25, 0.3) is 0 Å². The highest BCUT2D eigenvalue weighted by Gasteiger charge is 2.28. The number of aromatic nitrogens is 14. The van der Waals surface area contributed by atoms with E-state index in [1.807, 2.05) is 133 Å². The third kappa shape index (κ3) is 13.4. The predicted octanol–water partition coefficient (Wildman–Crippen LogP) is 31.1. The molecule has 0 saturated heterocycles. The second kappa shape index (κ2) is 33.5. The molecule has 9 aromatic heterocycles. The molecule has 0 aliphatic carbocycles. The van der Waals surface area contributed by atoms with Crippen molar-refractivity contribution in [1.29, 1.82) is 0 Å². The van der Waals surface area contributed by atoms with Crippen molar-refractivity contribution in [3.05, 3.63) is 485 Å². The maximum atomic E-state index is 5.31. The van der Waals surface area contributed by atoms with E-state index in [1.165, 1.54) is 92.4 Å². The third-order valence-corrected chi connectivity index (χ3v) is 27.3. The summed E-state index contributed by atoms with van der Waals surface area (Å²) in [5.74, 6) is 4.39. The molecule has 0 saturated carbocycles. The van der Waals surface area contributed by atoms with Gasteiger partial charge in [-0.1, -0.05) is 370 Å². The molecule has 0 unspecified atom stereocenters. The molecule has 0 amide bonds. The van der Waals surface area contributed by atoms with Gasteiger partial charge in [-0.3, -0.25) is 13.7 Å². The number of fused-ring (bicyclic) bond motifs is 23. The average Bonchev–Trinajstić information content (AvgIpc) is 1.55. The van der Waals surface area contributed by atoms with Crippen LogP contribution in [-0.4, -0.2) is 67.3 Å². The Labute approximate surface area is 802 Å². The molecule has 0 fully saturated rings. The van der Waals surface area contributed by atoms with Gasteiger partial charge in [-0.15, -0.1) is 0 Å². The van der Waals surface area contributed by atoms with Gasteiger partial charge in [0.2, 0.25) is 17.8 Å². The SMILES string of the molecule is c1ccc(-c2nc(-c3ccccc3)nc(-n3c4ccccc4c4c5c6ccccc6n(-c6ccccc6)c5ccc43)n2)cc1.c1ccc(-c2nc(-c3ccccc3)nc(-n3c4ccccc4c4ccc5c6ccccc6n(-c6ccccc6)c5c43)n2)cc1.c1ccc(-c2nc(-n3c4ccc(-c5ccc6c(c5)c5ccccc5n6-c5ccccc5)cc4c4c5ccccc5ccc43)nc3ccccc23)cc1. The molecule has 0 N–H and O–H groups in total. The number of hydrogen-bond donors (Lipinski definition) is 0. The van der Waals surface area contributed by atoms with Crippen LogP contribution in [0.25, 0.3) is 255 Å². The quantitative estimate of drug-likeness (QED) is 0.118. The summed E-state index contributed by atoms with van der Waals surface area (Å²) in [6, 6.07) is 170. The van der Waals surface area contributed by atoms with Crippen molar-refractivity contribution in [2.45, 2.75) is 0 Å². The molecular weight excluding hydrogens is 1710 g/mol. The first-order valence-corrected chi connectivity index (χ1v) is 47.1. The third-order valence-electron chi connectivity index (χ3n) is 27.3. The van der Waals surface area contributed by atoms with Gasteiger partial charge in [0.15, 0.2) is 23.3 Å². The Balaban J connectivity index is 0.000000106. The molecular formula is C126H80N14. The van der Waals surface area contributed by atoms with Crippen LogP contribution in [0.3, 0.4) is 0 Å². The van der Waals surface area contributed by atoms with Crippen molar-refractivity contribution in [3.63, 3.8) is 0 Å². The molecule has 14 nitrogen and oxygen atoms in total. The summed E-state index contributed by atoms with van der Waals surface area (Å²) in [4.78, 5) is 41.0. The number of para-hydroxylation sites is 9. The lowest BCUT2D eigenvalue weighted by atomic mass is 9.99. The fourth-order valence-corrected chi connectivity index (χ4v) is 21.1. The first kappa shape index (κ1) is 80.5. The second-order valence-corrected chi connectivity index (χ2v) is 35.2. The number of rotatable bonds is 12. The Kier molecular flexibility index (Phi) is 19.2. The van der Waals surface area contributed by atoms with Crippen molar-refractivity contribution in [3.8, 4) is 103 Å². The van der Waals surface area contributed by atoms with E-state index in [0.717, 1.165) is 122 Å². The normalized spacial score (nSPS) is 11.7. The molecule has 0 bridgehead atoms. The van der Waals surface area contributed by atoms with Crippen LogP contribution in [0.4, 0.5) is 0 Å². The Hall–Kier alpha value is -19.2. The average molecular weight is 1790 g/mol. The minimum Gasteiger partial charge on any atom is -0.309 e. The Bertz CT molecular complexity index is 9810. The van der Waals surface area contributed by atoms with E-state index in [4.69, 9.17) is 39.9 Å². The number of benzene rings is 20. The van der Waals surface area contributed by atoms with Crippen LogP contribution >= 0.6 is 0 Å². The zero-order chi connectivity index (χ0) is 92.2. The van der Waals surface area contributed by atoms with Crippen molar-refractivity contribution in [1.82, 2.24) is 67.3 Å². The summed E-state index contributed by atoms with van der Waals surface area (Å²) in [5.41, 5.74) is 25.8. The van der Waals surface area contributed by atoms with E-state index in [9.17, 15) is 0 Å². The minimum absolute atomic E-state index is 0.585. The van der Waals surface area contributed by atoms with E-state index in [-0.39, 0.29) is 0 Å². The lowest BCUT2D eigenvalue weighted by Gasteiger charge is -2.13. The van der Waals surface area contributed by atoms with Crippen LogP contribution in [0, 0.1) is 0 Å². The summed E-state index contributed by atoms with van der Waals surface area (Å²) >= 11 is 0. The fraction of sp³-hybridized carbons (Fsp3) is 0. The fourth-order valence-electron chi connectivity index (χ4n) is 21.1. The molecule has 0 aliphatic heterocycles. The van der Waals surface area contributed by atoms with Gasteiger partial charge in [-0.2, -0.15) is 19.9 Å². The number of hydrogen-bond acceptors (Lipinski definition) is 8. The van der Waals surface area contributed by atoms with E-state index < -0.39 is 0 Å². The monoisotopic (exact) mass is 1790 g/mol. The highest BCUT2D eigenvalue weighted by atomic mass is 15.2. The minimum atomic E-state index is 0.585. The zero-order valence-electron chi connectivity index (χ0n) is 75.4. The molecule has 29 aromatic rings. The van der Waals surface area contributed by atoms with Gasteiger partial charge in [-0.05, 0) is 137 Å². The topological polar surface area (TPSA) is 133 Å². The van der Waals surface area contributed by atoms with Crippen molar-refractivity contribution in [2.75, 3.05) is 0 Å². The first-order chi connectivity index (χ1) is 69.5. The molecule has 14 heteroatoms. The van der Waals surface area contributed by atoms with E-state index in [2.05, 4.69) is 379 Å². The first-order valence-electron chi connectivity index (χ1n) is 47.1. The van der Waals surface area contributed by atoms with Crippen molar-refractivity contribution >= 4 is 153 Å². The van der Waals surface area contributed by atoms with Crippen LogP contribution in [0.15, 0.2) is 485 Å². The van der Waals surface area contributed by atoms with Gasteiger partial charge in [0, 0.05) is 115 Å². The summed E-state index contributed by atoms with van der Waals surface area (Å²) in [6.45, 7) is 0. The van der Waals surface area contributed by atoms with Crippen LogP contribution in [0.1, 0.15) is 0 Å². The zero-order valence-corrected chi connectivity index (χ0v) is 75.4. The molecule has 0 atom stereocenters. The highest BCUT2D eigenvalue weighted by molar-refractivity contribution is 6.30. The molecule has 140 heavy (non-hydrogen) atoms. The Morgan fingerprint density at radius 3 is 0.929 bits per heavy atom. The van der Waals surface area contributed by atoms with Gasteiger partial charge in [0.05, 0.1) is 77.4 Å². The largest absolute Gasteiger partial charge is 0.309 e. The number of nitrogens with zero attached hydrogens (tertiary/aromatic N) is 14. The molecule has 654 valence electrons. The molecule has 0 aliphatic rings. The van der Waals surface area contributed by atoms with Crippen LogP contribution in [0.5, 0.6) is 0 Å². The summed E-state index contributed by atoms with van der Waals surface area (Å²) in [5, 5.41) is 17.8. The van der Waals surface area contributed by atoms with E-state index >= 15 is 0 Å². The predicted molar refractivity (Wildman–Crippen MR) is 575 cm³/mol. The summed E-state index contributed by atoms with van der Waals surface area (Å²) < 4.78 is 13.8. The lowest BCUT2D eigenvalue weighted by molar-refractivity contribution is 0.953. The van der Waals surface area contributed by atoms with Crippen molar-refractivity contribution in [2.24, 2.45) is 0 Å². The maximum absolute atomic E-state index is 5.31. The smallest absolute Gasteiger partial charge is 0.238 e. The molecule has 29 rings (SSSR count). The molecule has 9 heterocycles. The van der Waals surface area contributed by atoms with Crippen LogP contribution in [0.2, 0.25) is 0 Å². The maximum Gasteiger partial charge on any atom is 0.238 e. The second-order valence-electron chi connectivity index (χ2n) is 35.2. The van der Waals surface area contributed by atoms with Crippen molar-refractivity contribution < 1.29 is 0 Å². The highest BCUT2D eigenvalue weighted by Crippen LogP contribution is 2.47. The van der Waals surface area contributed by atoms with Gasteiger partial charge >= 0.3 is 0 Å².